The van der Waals surface area contributed by atoms with Crippen molar-refractivity contribution < 1.29 is 4.79 Å². The number of anilines is 3. The second kappa shape index (κ2) is 7.07. The number of ketones is 1. The molecule has 1 heterocycles. The van der Waals surface area contributed by atoms with Gasteiger partial charge in [0.05, 0.1) is 5.52 Å². The summed E-state index contributed by atoms with van der Waals surface area (Å²) in [5, 5.41) is 7.22. The monoisotopic (exact) mass is 328 g/mol. The zero-order valence-electron chi connectivity index (χ0n) is 12.8. The van der Waals surface area contributed by atoms with Crippen LogP contribution in [0.25, 0.3) is 10.9 Å². The van der Waals surface area contributed by atoms with Gasteiger partial charge in [0.2, 0.25) is 5.95 Å². The van der Waals surface area contributed by atoms with E-state index in [4.69, 9.17) is 0 Å². The third kappa shape index (κ3) is 3.57. The van der Waals surface area contributed by atoms with E-state index in [1.165, 1.54) is 0 Å². The number of nitrogens with one attached hydrogen (secondary N) is 2. The number of rotatable bonds is 4. The first kappa shape index (κ1) is 16.7. The molecule has 0 unspecified atom stereocenters. The standard InChI is InChI=1S/C17H16N4O.ClH/c1-11(22)12-7-9-13(10-8-12)19-17-20-15-6-4-3-5-14(15)16(18-2)21-17;/h3-10H,1-2H3,(H2,18,19,20,21);1H. The second-order valence-electron chi connectivity index (χ2n) is 4.92. The SMILES string of the molecule is CNc1nc(Nc2ccc(C(C)=O)cc2)nc2ccccc12.Cl. The Balaban J connectivity index is 0.00000192. The maximum Gasteiger partial charge on any atom is 0.229 e. The molecule has 3 aromatic rings. The summed E-state index contributed by atoms with van der Waals surface area (Å²) in [5.41, 5.74) is 2.38. The Hall–Kier alpha value is -2.66. The van der Waals surface area contributed by atoms with Gasteiger partial charge in [0.25, 0.3) is 0 Å². The lowest BCUT2D eigenvalue weighted by Crippen LogP contribution is -2.02. The van der Waals surface area contributed by atoms with E-state index in [-0.39, 0.29) is 18.2 Å². The van der Waals surface area contributed by atoms with Crippen LogP contribution in [0.15, 0.2) is 48.5 Å². The van der Waals surface area contributed by atoms with Gasteiger partial charge in [-0.05, 0) is 43.3 Å². The minimum Gasteiger partial charge on any atom is -0.372 e. The van der Waals surface area contributed by atoms with Gasteiger partial charge in [-0.1, -0.05) is 12.1 Å². The molecule has 3 rings (SSSR count). The third-order valence-corrected chi connectivity index (χ3v) is 3.39. The molecule has 6 heteroatoms. The van der Waals surface area contributed by atoms with Crippen LogP contribution in [0, 0.1) is 0 Å². The number of benzene rings is 2. The molecule has 118 valence electrons. The number of para-hydroxylation sites is 1. The maximum atomic E-state index is 11.3. The summed E-state index contributed by atoms with van der Waals surface area (Å²) in [6.45, 7) is 1.55. The van der Waals surface area contributed by atoms with Gasteiger partial charge in [0, 0.05) is 23.7 Å². The first-order valence-corrected chi connectivity index (χ1v) is 7.00. The topological polar surface area (TPSA) is 66.9 Å². The quantitative estimate of drug-likeness (QED) is 0.707. The highest BCUT2D eigenvalue weighted by molar-refractivity contribution is 5.94. The smallest absolute Gasteiger partial charge is 0.229 e. The van der Waals surface area contributed by atoms with E-state index in [2.05, 4.69) is 20.6 Å². The van der Waals surface area contributed by atoms with Crippen molar-refractivity contribution in [3.05, 3.63) is 54.1 Å². The van der Waals surface area contributed by atoms with Gasteiger partial charge < -0.3 is 10.6 Å². The number of halogens is 1. The van der Waals surface area contributed by atoms with Crippen LogP contribution in [0.5, 0.6) is 0 Å². The number of hydrogen-bond donors (Lipinski definition) is 2. The minimum absolute atomic E-state index is 0. The van der Waals surface area contributed by atoms with Gasteiger partial charge in [-0.2, -0.15) is 4.98 Å². The highest BCUT2D eigenvalue weighted by Crippen LogP contribution is 2.23. The molecule has 0 radical (unpaired) electrons. The first-order chi connectivity index (χ1) is 10.7. The molecule has 0 spiro atoms. The number of hydrogen-bond acceptors (Lipinski definition) is 5. The van der Waals surface area contributed by atoms with Crippen molar-refractivity contribution in [2.75, 3.05) is 17.7 Å². The van der Waals surface area contributed by atoms with Crippen LogP contribution in [0.3, 0.4) is 0 Å². The van der Waals surface area contributed by atoms with Crippen LogP contribution < -0.4 is 10.6 Å². The number of aromatic nitrogens is 2. The van der Waals surface area contributed by atoms with Crippen molar-refractivity contribution >= 4 is 46.5 Å². The molecule has 2 aromatic carbocycles. The van der Waals surface area contributed by atoms with E-state index >= 15 is 0 Å². The fourth-order valence-electron chi connectivity index (χ4n) is 2.24. The third-order valence-electron chi connectivity index (χ3n) is 3.39. The number of Topliss-reactive ketones (excluding diaryl/α,β-unsaturated/α-hetero) is 1. The largest absolute Gasteiger partial charge is 0.372 e. The number of fused-ring (bicyclic) bond motifs is 1. The van der Waals surface area contributed by atoms with Crippen LogP contribution in [0.1, 0.15) is 17.3 Å². The van der Waals surface area contributed by atoms with Gasteiger partial charge in [0.15, 0.2) is 5.78 Å². The fourth-order valence-corrected chi connectivity index (χ4v) is 2.24. The zero-order chi connectivity index (χ0) is 15.5. The van der Waals surface area contributed by atoms with Crippen LogP contribution in [0.2, 0.25) is 0 Å². The first-order valence-electron chi connectivity index (χ1n) is 7.00. The molecular formula is C17H17ClN4O. The molecule has 23 heavy (non-hydrogen) atoms. The number of carbonyl (C=O) groups is 1. The summed E-state index contributed by atoms with van der Waals surface area (Å²) in [7, 11) is 1.83. The van der Waals surface area contributed by atoms with Gasteiger partial charge in [-0.3, -0.25) is 4.79 Å². The van der Waals surface area contributed by atoms with Crippen LogP contribution in [-0.2, 0) is 0 Å². The second-order valence-corrected chi connectivity index (χ2v) is 4.92. The summed E-state index contributed by atoms with van der Waals surface area (Å²) < 4.78 is 0. The zero-order valence-corrected chi connectivity index (χ0v) is 13.6. The molecule has 0 aliphatic carbocycles. The summed E-state index contributed by atoms with van der Waals surface area (Å²) in [6, 6.07) is 15.1. The molecule has 1 aromatic heterocycles. The van der Waals surface area contributed by atoms with Gasteiger partial charge in [-0.25, -0.2) is 4.98 Å². The van der Waals surface area contributed by atoms with E-state index in [0.717, 1.165) is 22.4 Å². The van der Waals surface area contributed by atoms with Crippen LogP contribution in [0.4, 0.5) is 17.5 Å². The molecule has 0 bridgehead atoms. The van der Waals surface area contributed by atoms with Crippen molar-refractivity contribution in [3.8, 4) is 0 Å². The van der Waals surface area contributed by atoms with Gasteiger partial charge in [-0.15, -0.1) is 12.4 Å². The van der Waals surface area contributed by atoms with Gasteiger partial charge in [0.1, 0.15) is 5.82 Å². The lowest BCUT2D eigenvalue weighted by atomic mass is 10.1. The molecule has 0 amide bonds. The van der Waals surface area contributed by atoms with Crippen molar-refractivity contribution in [3.63, 3.8) is 0 Å². The van der Waals surface area contributed by atoms with Crippen LogP contribution in [-0.4, -0.2) is 22.8 Å². The Kier molecular flexibility index (Phi) is 5.13. The maximum absolute atomic E-state index is 11.3. The van der Waals surface area contributed by atoms with E-state index < -0.39 is 0 Å². The fraction of sp³-hybridized carbons (Fsp3) is 0.118. The Morgan fingerprint density at radius 2 is 1.70 bits per heavy atom. The minimum atomic E-state index is 0. The summed E-state index contributed by atoms with van der Waals surface area (Å²) in [5.74, 6) is 1.33. The summed E-state index contributed by atoms with van der Waals surface area (Å²) in [6.07, 6.45) is 0. The van der Waals surface area contributed by atoms with E-state index in [1.807, 2.05) is 43.4 Å². The predicted octanol–water partition coefficient (Wildman–Crippen LogP) is 4.04. The molecule has 0 saturated carbocycles. The highest BCUT2D eigenvalue weighted by Gasteiger charge is 2.06. The Bertz CT molecular complexity index is 834. The Morgan fingerprint density at radius 3 is 2.35 bits per heavy atom. The summed E-state index contributed by atoms with van der Waals surface area (Å²) in [4.78, 5) is 20.3. The van der Waals surface area contributed by atoms with Crippen molar-refractivity contribution in [2.24, 2.45) is 0 Å². The predicted molar refractivity (Wildman–Crippen MR) is 96.1 cm³/mol. The molecule has 5 nitrogen and oxygen atoms in total. The van der Waals surface area contributed by atoms with E-state index in [1.54, 1.807) is 19.1 Å². The molecule has 0 aliphatic rings. The van der Waals surface area contributed by atoms with E-state index in [0.29, 0.717) is 11.5 Å². The molecule has 0 aliphatic heterocycles. The Labute approximate surface area is 140 Å². The molecule has 2 N–H and O–H groups in total. The number of carbonyl (C=O) groups excluding carboxylic acids is 1. The average molecular weight is 329 g/mol. The molecule has 0 fully saturated rings. The highest BCUT2D eigenvalue weighted by atomic mass is 35.5. The Morgan fingerprint density at radius 1 is 1.00 bits per heavy atom. The normalized spacial score (nSPS) is 10.0. The molecular weight excluding hydrogens is 312 g/mol. The lowest BCUT2D eigenvalue weighted by molar-refractivity contribution is 0.101. The molecule has 0 atom stereocenters. The van der Waals surface area contributed by atoms with Gasteiger partial charge >= 0.3 is 0 Å². The van der Waals surface area contributed by atoms with E-state index in [9.17, 15) is 4.79 Å². The average Bonchev–Trinajstić information content (AvgIpc) is 2.54. The van der Waals surface area contributed by atoms with Crippen molar-refractivity contribution in [2.45, 2.75) is 6.92 Å². The lowest BCUT2D eigenvalue weighted by Gasteiger charge is -2.10. The van der Waals surface area contributed by atoms with Crippen molar-refractivity contribution in [1.29, 1.82) is 0 Å². The van der Waals surface area contributed by atoms with Crippen molar-refractivity contribution in [1.82, 2.24) is 9.97 Å². The summed E-state index contributed by atoms with van der Waals surface area (Å²) >= 11 is 0. The number of nitrogens with zero attached hydrogens (tertiary/aromatic N) is 2. The molecule has 0 saturated heterocycles. The van der Waals surface area contributed by atoms with Crippen LogP contribution >= 0.6 is 12.4 Å².